The molecule has 0 spiro atoms. The van der Waals surface area contributed by atoms with Crippen molar-refractivity contribution in [1.29, 1.82) is 0 Å². The first-order valence-electron chi connectivity index (χ1n) is 18.8. The van der Waals surface area contributed by atoms with E-state index in [1.807, 2.05) is 73.6 Å². The summed E-state index contributed by atoms with van der Waals surface area (Å²) in [7, 11) is 5.34. The number of hydrogen-bond donors (Lipinski definition) is 3. The molecule has 0 bridgehead atoms. The third-order valence-corrected chi connectivity index (χ3v) is 10.5. The van der Waals surface area contributed by atoms with Gasteiger partial charge in [0, 0.05) is 51.1 Å². The Morgan fingerprint density at radius 2 is 1.61 bits per heavy atom. The molecule has 3 N–H and O–H groups in total. The number of nitrogens with zero attached hydrogens (tertiary/aromatic N) is 4. The Hall–Kier alpha value is -5.95. The Morgan fingerprint density at radius 3 is 2.26 bits per heavy atom. The minimum Gasteiger partial charge on any atom is -0.376 e. The van der Waals surface area contributed by atoms with Crippen molar-refractivity contribution in [2.45, 2.75) is 57.9 Å². The maximum absolute atomic E-state index is 13.7. The first-order chi connectivity index (χ1) is 27.1. The predicted molar refractivity (Wildman–Crippen MR) is 221 cm³/mol. The summed E-state index contributed by atoms with van der Waals surface area (Å²) in [6, 6.07) is 21.8. The summed E-state index contributed by atoms with van der Waals surface area (Å²) >= 11 is 0. The van der Waals surface area contributed by atoms with E-state index in [0.717, 1.165) is 73.6 Å². The lowest BCUT2D eigenvalue weighted by molar-refractivity contribution is -0.123. The van der Waals surface area contributed by atoms with Crippen molar-refractivity contribution < 1.29 is 28.0 Å². The molecular weight excluding hydrogens is 729 g/mol. The van der Waals surface area contributed by atoms with E-state index in [1.54, 1.807) is 0 Å². The number of aromatic nitrogens is 2. The highest BCUT2D eigenvalue weighted by atomic mass is 19.1. The number of piperidine rings is 1. The molecule has 5 aromatic rings. The molecule has 0 radical (unpaired) electrons. The largest absolute Gasteiger partial charge is 0.376 e. The number of aromatic amines is 1. The number of benzene rings is 4. The SMILES string of the molecule is C.CNC(=O)C(CCC=O)N(C=O)c1ccc(C2CCN(CCc3ccc(C(=O)Nc4n[nH]c5ccc(Cc6cc(F)cc(F)c6)cc45)cc3)CC2)cc1N(C)C. The van der Waals surface area contributed by atoms with E-state index in [-0.39, 0.29) is 32.1 Å². The monoisotopic (exact) mass is 779 g/mol. The Bertz CT molecular complexity index is 2160. The first-order valence-corrected chi connectivity index (χ1v) is 18.8. The summed E-state index contributed by atoms with van der Waals surface area (Å²) in [6.07, 6.45) is 4.94. The number of halogens is 2. The van der Waals surface area contributed by atoms with Gasteiger partial charge in [-0.3, -0.25) is 19.5 Å². The number of likely N-dealkylation sites (tertiary alicyclic amines) is 1. The number of carbonyl (C=O) groups excluding carboxylic acids is 4. The van der Waals surface area contributed by atoms with Gasteiger partial charge < -0.3 is 30.1 Å². The standard InChI is InChI=1S/C43H47F2N7O4.CH4/c1-46-43(56)39(5-4-20-53)52(27-54)38-13-11-33(25-40(38)50(2)3)31-15-18-51(19-16-31)17-14-28-6-9-32(10-7-28)42(55)47-41-36-24-29(8-12-37(36)48-49-41)21-30-22-34(44)26-35(45)23-30;/h6-13,20,22-27,31,39H,4-5,14-19,21H2,1-3H3,(H,46,56)(H2,47,48,49,55);1H4. The number of H-pyrrole nitrogens is 1. The van der Waals surface area contributed by atoms with Gasteiger partial charge in [0.15, 0.2) is 5.82 Å². The van der Waals surface area contributed by atoms with E-state index in [0.29, 0.717) is 46.8 Å². The van der Waals surface area contributed by atoms with Crippen LogP contribution in [-0.2, 0) is 27.2 Å². The molecule has 1 aromatic heterocycles. The fraction of sp³-hybridized carbons (Fsp3) is 0.341. The number of nitrogens with one attached hydrogen (secondary N) is 3. The number of carbonyl (C=O) groups is 4. The summed E-state index contributed by atoms with van der Waals surface area (Å²) in [4.78, 5) is 55.1. The average Bonchev–Trinajstić information content (AvgIpc) is 3.59. The van der Waals surface area contributed by atoms with Crippen LogP contribution in [-0.4, -0.2) is 86.4 Å². The van der Waals surface area contributed by atoms with Crippen molar-refractivity contribution in [2.75, 3.05) is 55.9 Å². The second kappa shape index (κ2) is 19.3. The molecule has 4 aromatic carbocycles. The van der Waals surface area contributed by atoms with Crippen molar-refractivity contribution in [2.24, 2.45) is 0 Å². The van der Waals surface area contributed by atoms with E-state index in [1.165, 1.54) is 29.6 Å². The number of anilines is 3. The summed E-state index contributed by atoms with van der Waals surface area (Å²) in [5.41, 5.74) is 6.33. The summed E-state index contributed by atoms with van der Waals surface area (Å²) in [5, 5.41) is 13.4. The molecule has 2 heterocycles. The maximum atomic E-state index is 13.7. The van der Waals surface area contributed by atoms with E-state index in [2.05, 4.69) is 31.8 Å². The van der Waals surface area contributed by atoms with Gasteiger partial charge >= 0.3 is 0 Å². The zero-order valence-electron chi connectivity index (χ0n) is 31.9. The van der Waals surface area contributed by atoms with Crippen molar-refractivity contribution in [3.63, 3.8) is 0 Å². The van der Waals surface area contributed by atoms with Crippen LogP contribution in [0.4, 0.5) is 26.0 Å². The van der Waals surface area contributed by atoms with Crippen LogP contribution in [0.1, 0.15) is 71.6 Å². The quantitative estimate of drug-likeness (QED) is 0.0933. The van der Waals surface area contributed by atoms with Crippen LogP contribution in [0.5, 0.6) is 0 Å². The zero-order chi connectivity index (χ0) is 39.8. The van der Waals surface area contributed by atoms with Gasteiger partial charge in [0.1, 0.15) is 24.0 Å². The molecule has 1 fully saturated rings. The lowest BCUT2D eigenvalue weighted by atomic mass is 9.88. The third-order valence-electron chi connectivity index (χ3n) is 10.5. The fourth-order valence-corrected chi connectivity index (χ4v) is 7.45. The molecule has 57 heavy (non-hydrogen) atoms. The van der Waals surface area contributed by atoms with E-state index in [4.69, 9.17) is 0 Å². The Balaban J connectivity index is 0.00000620. The molecular formula is C44H51F2N7O4. The van der Waals surface area contributed by atoms with Crippen LogP contribution < -0.4 is 20.4 Å². The van der Waals surface area contributed by atoms with Crippen molar-refractivity contribution in [3.8, 4) is 0 Å². The number of fused-ring (bicyclic) bond motifs is 1. The third kappa shape index (κ3) is 10.3. The van der Waals surface area contributed by atoms with Crippen molar-refractivity contribution in [1.82, 2.24) is 20.4 Å². The second-order valence-corrected chi connectivity index (χ2v) is 14.5. The summed E-state index contributed by atoms with van der Waals surface area (Å²) < 4.78 is 27.4. The minimum atomic E-state index is -0.794. The Labute approximate surface area is 332 Å². The minimum absolute atomic E-state index is 0. The number of hydrogen-bond acceptors (Lipinski definition) is 7. The molecule has 0 aliphatic carbocycles. The highest BCUT2D eigenvalue weighted by Crippen LogP contribution is 2.36. The normalized spacial score (nSPS) is 13.7. The van der Waals surface area contributed by atoms with Gasteiger partial charge in [-0.2, -0.15) is 5.10 Å². The van der Waals surface area contributed by atoms with Crippen LogP contribution in [0.25, 0.3) is 10.9 Å². The smallest absolute Gasteiger partial charge is 0.256 e. The highest BCUT2D eigenvalue weighted by Gasteiger charge is 2.28. The average molecular weight is 780 g/mol. The lowest BCUT2D eigenvalue weighted by Crippen LogP contribution is -2.46. The van der Waals surface area contributed by atoms with Gasteiger partial charge in [-0.25, -0.2) is 8.78 Å². The molecule has 1 atom stereocenters. The Morgan fingerprint density at radius 1 is 0.912 bits per heavy atom. The molecule has 11 nitrogen and oxygen atoms in total. The van der Waals surface area contributed by atoms with E-state index < -0.39 is 17.7 Å². The van der Waals surface area contributed by atoms with Gasteiger partial charge in [0.05, 0.1) is 16.9 Å². The maximum Gasteiger partial charge on any atom is 0.256 e. The second-order valence-electron chi connectivity index (χ2n) is 14.5. The Kier molecular flexibility index (Phi) is 14.3. The molecule has 3 amide bonds. The summed E-state index contributed by atoms with van der Waals surface area (Å²) in [5.74, 6) is -1.14. The van der Waals surface area contributed by atoms with Gasteiger partial charge in [-0.1, -0.05) is 31.7 Å². The number of rotatable bonds is 16. The van der Waals surface area contributed by atoms with Crippen LogP contribution in [0.3, 0.4) is 0 Å². The predicted octanol–water partition coefficient (Wildman–Crippen LogP) is 6.86. The molecule has 300 valence electrons. The van der Waals surface area contributed by atoms with Crippen LogP contribution in [0.15, 0.2) is 78.9 Å². The molecule has 1 aliphatic rings. The number of aldehydes is 1. The number of likely N-dealkylation sites (N-methyl/N-ethyl adjacent to an activating group) is 1. The number of amides is 3. The molecule has 13 heteroatoms. The van der Waals surface area contributed by atoms with Gasteiger partial charge in [-0.15, -0.1) is 0 Å². The molecule has 6 rings (SSSR count). The van der Waals surface area contributed by atoms with Gasteiger partial charge in [-0.05, 0) is 122 Å². The molecule has 1 aliphatic heterocycles. The van der Waals surface area contributed by atoms with Crippen molar-refractivity contribution in [3.05, 3.63) is 118 Å². The molecule has 1 unspecified atom stereocenters. The zero-order valence-corrected chi connectivity index (χ0v) is 31.9. The topological polar surface area (TPSA) is 131 Å². The van der Waals surface area contributed by atoms with Gasteiger partial charge in [0.2, 0.25) is 12.3 Å². The highest BCUT2D eigenvalue weighted by molar-refractivity contribution is 6.08. The van der Waals surface area contributed by atoms with Gasteiger partial charge in [0.25, 0.3) is 5.91 Å². The van der Waals surface area contributed by atoms with E-state index in [9.17, 15) is 28.0 Å². The lowest BCUT2D eigenvalue weighted by Gasteiger charge is -2.34. The van der Waals surface area contributed by atoms with Crippen LogP contribution >= 0.6 is 0 Å². The van der Waals surface area contributed by atoms with Crippen molar-refractivity contribution >= 4 is 52.6 Å². The van der Waals surface area contributed by atoms with E-state index >= 15 is 0 Å². The molecule has 0 saturated carbocycles. The fourth-order valence-electron chi connectivity index (χ4n) is 7.45. The van der Waals surface area contributed by atoms with Crippen LogP contribution in [0.2, 0.25) is 0 Å². The molecule has 1 saturated heterocycles. The first kappa shape index (κ1) is 42.2. The summed E-state index contributed by atoms with van der Waals surface area (Å²) in [6.45, 7) is 2.76. The van der Waals surface area contributed by atoms with Crippen LogP contribution in [0, 0.1) is 11.6 Å².